The molecule has 9 N–H and O–H groups in total. The van der Waals surface area contributed by atoms with E-state index in [1.54, 1.807) is 0 Å². The highest BCUT2D eigenvalue weighted by molar-refractivity contribution is 5.78. The second-order valence-corrected chi connectivity index (χ2v) is 21.5. The molecule has 0 amide bonds. The number of allylic oxidation sites excluding steroid dienone is 2. The molecular formula is C44H70O16. The summed E-state index contributed by atoms with van der Waals surface area (Å²) in [5.41, 5.74) is -3.37. The fourth-order valence-electron chi connectivity index (χ4n) is 13.9. The van der Waals surface area contributed by atoms with Crippen molar-refractivity contribution in [2.75, 3.05) is 13.2 Å². The Labute approximate surface area is 352 Å². The van der Waals surface area contributed by atoms with Gasteiger partial charge >= 0.3 is 11.9 Å². The summed E-state index contributed by atoms with van der Waals surface area (Å²) >= 11 is 0. The molecule has 21 atom stereocenters. The Morgan fingerprint density at radius 1 is 0.683 bits per heavy atom. The first kappa shape index (κ1) is 46.2. The van der Waals surface area contributed by atoms with Gasteiger partial charge in [-0.15, -0.1) is 0 Å². The highest BCUT2D eigenvalue weighted by Crippen LogP contribution is 2.75. The molecule has 7 aliphatic rings. The third-order valence-corrected chi connectivity index (χ3v) is 17.7. The number of hydrogen-bond acceptors (Lipinski definition) is 16. The molecule has 342 valence electrons. The highest BCUT2D eigenvalue weighted by atomic mass is 16.7. The van der Waals surface area contributed by atoms with Gasteiger partial charge in [-0.1, -0.05) is 60.6 Å². The van der Waals surface area contributed by atoms with Crippen LogP contribution in [-0.2, 0) is 33.3 Å². The Morgan fingerprint density at radius 2 is 1.28 bits per heavy atom. The first-order valence-corrected chi connectivity index (χ1v) is 21.9. The summed E-state index contributed by atoms with van der Waals surface area (Å²) in [6.45, 7) is 15.1. The van der Waals surface area contributed by atoms with Gasteiger partial charge < -0.3 is 69.6 Å². The molecule has 5 aliphatic carbocycles. The number of ether oxygens (including phenoxy) is 5. The van der Waals surface area contributed by atoms with Gasteiger partial charge in [-0.25, -0.2) is 0 Å². The molecule has 2 heterocycles. The molecule has 2 aliphatic heterocycles. The van der Waals surface area contributed by atoms with E-state index < -0.39 is 132 Å². The van der Waals surface area contributed by atoms with Crippen LogP contribution < -0.4 is 0 Å². The lowest BCUT2D eigenvalue weighted by Crippen LogP contribution is -2.70. The minimum Gasteiger partial charge on any atom is -0.460 e. The fraction of sp³-hybridized carbons (Fsp3) is 0.909. The Hall–Kier alpha value is -1.80. The highest BCUT2D eigenvalue weighted by Gasteiger charge is 2.73. The molecule has 4 saturated carbocycles. The van der Waals surface area contributed by atoms with E-state index in [0.717, 1.165) is 12.8 Å². The van der Waals surface area contributed by atoms with Crippen LogP contribution in [0.25, 0.3) is 0 Å². The van der Waals surface area contributed by atoms with Crippen LogP contribution in [0.2, 0.25) is 0 Å². The molecule has 0 bridgehead atoms. The molecular weight excluding hydrogens is 784 g/mol. The van der Waals surface area contributed by atoms with Crippen molar-refractivity contribution >= 4 is 11.9 Å². The summed E-state index contributed by atoms with van der Waals surface area (Å²) in [5.74, 6) is -1.84. The van der Waals surface area contributed by atoms with E-state index in [1.807, 2.05) is 13.8 Å². The summed E-state index contributed by atoms with van der Waals surface area (Å²) in [6, 6.07) is 0. The van der Waals surface area contributed by atoms with Gasteiger partial charge in [0.1, 0.15) is 54.9 Å². The average Bonchev–Trinajstić information content (AvgIpc) is 3.17. The third kappa shape index (κ3) is 6.84. The monoisotopic (exact) mass is 854 g/mol. The van der Waals surface area contributed by atoms with Crippen molar-refractivity contribution in [2.45, 2.75) is 180 Å². The molecule has 7 rings (SSSR count). The zero-order valence-corrected chi connectivity index (χ0v) is 36.2. The first-order chi connectivity index (χ1) is 27.8. The van der Waals surface area contributed by atoms with E-state index in [9.17, 15) is 55.5 Å². The van der Waals surface area contributed by atoms with Crippen LogP contribution in [0.4, 0.5) is 0 Å². The van der Waals surface area contributed by atoms with Crippen LogP contribution >= 0.6 is 0 Å². The predicted octanol–water partition coefficient (Wildman–Crippen LogP) is 0.685. The number of aliphatic hydroxyl groups is 9. The summed E-state index contributed by atoms with van der Waals surface area (Å²) in [7, 11) is 0. The van der Waals surface area contributed by atoms with Gasteiger partial charge in [-0.05, 0) is 89.8 Å². The number of carbonyl (C=O) groups is 2. The van der Waals surface area contributed by atoms with Crippen LogP contribution in [-0.4, -0.2) is 151 Å². The summed E-state index contributed by atoms with van der Waals surface area (Å²) in [5, 5.41) is 97.2. The zero-order chi connectivity index (χ0) is 44.3. The molecule has 0 unspecified atom stereocenters. The lowest BCUT2D eigenvalue weighted by Gasteiger charge is -2.72. The summed E-state index contributed by atoms with van der Waals surface area (Å²) < 4.78 is 28.7. The molecule has 0 aromatic heterocycles. The van der Waals surface area contributed by atoms with E-state index in [2.05, 4.69) is 46.8 Å². The molecule has 16 heteroatoms. The minimum atomic E-state index is -1.86. The Balaban J connectivity index is 1.16. The normalized spacial score (nSPS) is 53.1. The molecule has 0 radical (unpaired) electrons. The SMILES string of the molecule is CC(=O)O[C@@H]1C[C@@]2(C)[C@H](CC[C@]3(C)[C@@H]2C=C[C@H]2[C@H]4[C@H](O)C(C)(C)CC[C@]4(C(=O)O[C@@H]4O[C@H](CO[C@@H]5O[C@H](CO)[C@@H](O)[C@H](O)[C@H]5O)[C@@H](O)[C@H](O)[C@H]4O)CC[C@]23C)C(C)(C)[C@@H]1O. The number of rotatable bonds is 7. The molecule has 2 saturated heterocycles. The van der Waals surface area contributed by atoms with Crippen molar-refractivity contribution in [3.8, 4) is 0 Å². The van der Waals surface area contributed by atoms with E-state index in [1.165, 1.54) is 6.92 Å². The number of esters is 2. The zero-order valence-electron chi connectivity index (χ0n) is 36.2. The number of carbonyl (C=O) groups excluding carboxylic acids is 2. The van der Waals surface area contributed by atoms with Crippen molar-refractivity contribution in [3.63, 3.8) is 0 Å². The second-order valence-electron chi connectivity index (χ2n) is 21.5. The lowest BCUT2D eigenvalue weighted by molar-refractivity contribution is -0.329. The Bertz CT molecular complexity index is 1650. The minimum absolute atomic E-state index is 0.0314. The predicted molar refractivity (Wildman–Crippen MR) is 210 cm³/mol. The largest absolute Gasteiger partial charge is 0.460 e. The number of aliphatic hydroxyl groups excluding tert-OH is 9. The number of fused-ring (bicyclic) bond motifs is 7. The van der Waals surface area contributed by atoms with Gasteiger partial charge in [-0.2, -0.15) is 0 Å². The maximum absolute atomic E-state index is 14.9. The summed E-state index contributed by atoms with van der Waals surface area (Å²) in [4.78, 5) is 27.1. The van der Waals surface area contributed by atoms with Crippen LogP contribution in [0.5, 0.6) is 0 Å². The first-order valence-electron chi connectivity index (χ1n) is 21.9. The Morgan fingerprint density at radius 3 is 1.92 bits per heavy atom. The van der Waals surface area contributed by atoms with E-state index in [0.29, 0.717) is 32.1 Å². The topological polar surface area (TPSA) is 262 Å². The van der Waals surface area contributed by atoms with Crippen LogP contribution in [0.1, 0.15) is 100 Å². The molecule has 16 nitrogen and oxygen atoms in total. The summed E-state index contributed by atoms with van der Waals surface area (Å²) in [6.07, 6.45) is -10.4. The van der Waals surface area contributed by atoms with Crippen LogP contribution in [0.15, 0.2) is 12.2 Å². The van der Waals surface area contributed by atoms with Gasteiger partial charge in [0.2, 0.25) is 6.29 Å². The molecule has 0 aromatic rings. The molecule has 6 fully saturated rings. The maximum atomic E-state index is 14.9. The van der Waals surface area contributed by atoms with E-state index in [4.69, 9.17) is 23.7 Å². The Kier molecular flexibility index (Phi) is 12.1. The van der Waals surface area contributed by atoms with Crippen molar-refractivity contribution in [1.29, 1.82) is 0 Å². The van der Waals surface area contributed by atoms with Crippen molar-refractivity contribution in [1.82, 2.24) is 0 Å². The van der Waals surface area contributed by atoms with Gasteiger partial charge in [-0.3, -0.25) is 9.59 Å². The van der Waals surface area contributed by atoms with Gasteiger partial charge in [0.25, 0.3) is 0 Å². The maximum Gasteiger partial charge on any atom is 0.314 e. The van der Waals surface area contributed by atoms with Crippen molar-refractivity contribution in [2.24, 2.45) is 56.2 Å². The van der Waals surface area contributed by atoms with Gasteiger partial charge in [0, 0.05) is 12.8 Å². The number of hydrogen-bond donors (Lipinski definition) is 9. The molecule has 0 aromatic carbocycles. The lowest BCUT2D eigenvalue weighted by atomic mass is 9.32. The third-order valence-electron chi connectivity index (χ3n) is 17.7. The van der Waals surface area contributed by atoms with Gasteiger partial charge in [0.05, 0.1) is 30.8 Å². The average molecular weight is 855 g/mol. The second kappa shape index (κ2) is 15.7. The smallest absolute Gasteiger partial charge is 0.314 e. The molecule has 0 spiro atoms. The fourth-order valence-corrected chi connectivity index (χ4v) is 13.9. The van der Waals surface area contributed by atoms with Crippen LogP contribution in [0.3, 0.4) is 0 Å². The van der Waals surface area contributed by atoms with Crippen molar-refractivity contribution < 1.29 is 79.2 Å². The van der Waals surface area contributed by atoms with E-state index in [-0.39, 0.29) is 28.6 Å². The molecule has 60 heavy (non-hydrogen) atoms. The van der Waals surface area contributed by atoms with E-state index >= 15 is 0 Å². The van der Waals surface area contributed by atoms with Gasteiger partial charge in [0.15, 0.2) is 6.29 Å². The quantitative estimate of drug-likeness (QED) is 0.126. The van der Waals surface area contributed by atoms with Crippen LogP contribution in [0, 0.1) is 56.2 Å². The van der Waals surface area contributed by atoms with Crippen molar-refractivity contribution in [3.05, 3.63) is 12.2 Å². The standard InChI is InChI=1S/C44H70O16/c1-20(46)57-22-17-41(6)25(40(4,5)34(22)53)11-12-43(8)26(41)10-9-21-27-35(54)39(2,3)13-15-44(27,16-14-42(21,43)7)38(55)60-37-33(52)31(50)29(48)24(59-37)19-56-36-32(51)30(49)28(47)23(18-45)58-36/h9-10,21-37,45,47-54H,11-19H2,1-8H3/t21-,22+,23+,24+,25+,26+,27-,28+,29+,30-,31-,32+,33+,34+,35-,36+,37-,41-,42+,43+,44-/m0/s1.